The Bertz CT molecular complexity index is 1150. The first-order chi connectivity index (χ1) is 14.6. The second kappa shape index (κ2) is 8.31. The lowest BCUT2D eigenvalue weighted by molar-refractivity contribution is -0.112. The maximum Gasteiger partial charge on any atom is 0.266 e. The third-order valence-corrected chi connectivity index (χ3v) is 5.86. The minimum absolute atomic E-state index is 0.0179. The SMILES string of the molecule is COc1cc2c(cc1/C=C(\C#N)C(=O)Nc1ccc(C)cc1C)C(C)=CC(C)(C)N2C. The van der Waals surface area contributed by atoms with Crippen molar-refractivity contribution in [3.05, 3.63) is 64.2 Å². The molecule has 3 rings (SSSR count). The molecule has 1 aliphatic heterocycles. The van der Waals surface area contributed by atoms with Gasteiger partial charge in [-0.3, -0.25) is 4.79 Å². The molecule has 5 heteroatoms. The highest BCUT2D eigenvalue weighted by atomic mass is 16.5. The Morgan fingerprint density at radius 2 is 1.90 bits per heavy atom. The zero-order chi connectivity index (χ0) is 22.9. The van der Waals surface area contributed by atoms with E-state index in [0.717, 1.165) is 28.0 Å². The summed E-state index contributed by atoms with van der Waals surface area (Å²) >= 11 is 0. The van der Waals surface area contributed by atoms with E-state index >= 15 is 0 Å². The van der Waals surface area contributed by atoms with Gasteiger partial charge in [0.2, 0.25) is 0 Å². The summed E-state index contributed by atoms with van der Waals surface area (Å²) in [5.41, 5.74) is 6.59. The second-order valence-corrected chi connectivity index (χ2v) is 8.59. The molecule has 0 unspecified atom stereocenters. The number of amides is 1. The quantitative estimate of drug-likeness (QED) is 0.530. The van der Waals surface area contributed by atoms with Crippen LogP contribution in [0.4, 0.5) is 11.4 Å². The number of likely N-dealkylation sites (N-methyl/N-ethyl adjacent to an activating group) is 1. The molecular formula is C26H29N3O2. The summed E-state index contributed by atoms with van der Waals surface area (Å²) < 4.78 is 5.61. The van der Waals surface area contributed by atoms with Crippen molar-refractivity contribution in [3.8, 4) is 11.8 Å². The minimum atomic E-state index is -0.445. The molecule has 2 aromatic rings. The molecule has 1 aliphatic rings. The van der Waals surface area contributed by atoms with Crippen LogP contribution < -0.4 is 15.0 Å². The van der Waals surface area contributed by atoms with Crippen LogP contribution in [0.15, 0.2) is 42.0 Å². The number of nitriles is 1. The maximum absolute atomic E-state index is 12.8. The molecule has 1 amide bonds. The van der Waals surface area contributed by atoms with Crippen LogP contribution in [0.3, 0.4) is 0 Å². The van der Waals surface area contributed by atoms with E-state index in [4.69, 9.17) is 4.74 Å². The Morgan fingerprint density at radius 3 is 2.52 bits per heavy atom. The van der Waals surface area contributed by atoms with Crippen LogP contribution in [0, 0.1) is 25.2 Å². The van der Waals surface area contributed by atoms with Gasteiger partial charge in [0, 0.05) is 35.6 Å². The van der Waals surface area contributed by atoms with Crippen LogP contribution >= 0.6 is 0 Å². The molecule has 0 saturated heterocycles. The summed E-state index contributed by atoms with van der Waals surface area (Å²) in [6.45, 7) is 10.3. The van der Waals surface area contributed by atoms with Gasteiger partial charge >= 0.3 is 0 Å². The Labute approximate surface area is 184 Å². The molecule has 0 fully saturated rings. The van der Waals surface area contributed by atoms with E-state index < -0.39 is 5.91 Å². The largest absolute Gasteiger partial charge is 0.496 e. The van der Waals surface area contributed by atoms with Crippen molar-refractivity contribution in [2.24, 2.45) is 0 Å². The van der Waals surface area contributed by atoms with E-state index in [1.165, 1.54) is 0 Å². The zero-order valence-corrected chi connectivity index (χ0v) is 19.3. The monoisotopic (exact) mass is 415 g/mol. The highest BCUT2D eigenvalue weighted by Gasteiger charge is 2.29. The van der Waals surface area contributed by atoms with Gasteiger partial charge in [-0.1, -0.05) is 23.8 Å². The summed E-state index contributed by atoms with van der Waals surface area (Å²) in [7, 11) is 3.65. The van der Waals surface area contributed by atoms with Gasteiger partial charge in [0.15, 0.2) is 0 Å². The Morgan fingerprint density at radius 1 is 1.19 bits per heavy atom. The number of aryl methyl sites for hydroxylation is 2. The van der Waals surface area contributed by atoms with Crippen LogP contribution in [0.25, 0.3) is 11.6 Å². The van der Waals surface area contributed by atoms with Crippen LogP contribution in [0.5, 0.6) is 5.75 Å². The van der Waals surface area contributed by atoms with Crippen molar-refractivity contribution >= 4 is 28.9 Å². The maximum atomic E-state index is 12.8. The number of carbonyl (C=O) groups is 1. The first kappa shape index (κ1) is 22.2. The molecule has 0 spiro atoms. The fourth-order valence-corrected chi connectivity index (χ4v) is 3.93. The van der Waals surface area contributed by atoms with Gasteiger partial charge in [-0.25, -0.2) is 0 Å². The van der Waals surface area contributed by atoms with Gasteiger partial charge in [0.05, 0.1) is 12.6 Å². The van der Waals surface area contributed by atoms with Crippen molar-refractivity contribution < 1.29 is 9.53 Å². The molecule has 0 aliphatic carbocycles. The smallest absolute Gasteiger partial charge is 0.266 e. The van der Waals surface area contributed by atoms with E-state index in [0.29, 0.717) is 17.0 Å². The fraction of sp³-hybridized carbons (Fsp3) is 0.308. The average Bonchev–Trinajstić information content (AvgIpc) is 2.71. The molecule has 2 aromatic carbocycles. The number of nitrogens with zero attached hydrogens (tertiary/aromatic N) is 2. The molecule has 1 N–H and O–H groups in total. The van der Waals surface area contributed by atoms with Crippen molar-refractivity contribution in [3.63, 3.8) is 0 Å². The van der Waals surface area contributed by atoms with Crippen LogP contribution in [0.1, 0.15) is 43.0 Å². The highest BCUT2D eigenvalue weighted by Crippen LogP contribution is 2.41. The lowest BCUT2D eigenvalue weighted by Gasteiger charge is -2.41. The fourth-order valence-electron chi connectivity index (χ4n) is 3.93. The predicted molar refractivity (Wildman–Crippen MR) is 127 cm³/mol. The number of fused-ring (bicyclic) bond motifs is 1. The van der Waals surface area contributed by atoms with E-state index in [1.807, 2.05) is 50.2 Å². The van der Waals surface area contributed by atoms with Crippen molar-refractivity contribution in [2.75, 3.05) is 24.4 Å². The second-order valence-electron chi connectivity index (χ2n) is 8.59. The number of allylic oxidation sites excluding steroid dienone is 1. The summed E-state index contributed by atoms with van der Waals surface area (Å²) in [6, 6.07) is 11.8. The van der Waals surface area contributed by atoms with Crippen molar-refractivity contribution in [1.82, 2.24) is 0 Å². The molecule has 0 atom stereocenters. The molecule has 0 aromatic heterocycles. The van der Waals surface area contributed by atoms with E-state index in [1.54, 1.807) is 13.2 Å². The molecule has 31 heavy (non-hydrogen) atoms. The predicted octanol–water partition coefficient (Wildman–Crippen LogP) is 5.49. The first-order valence-corrected chi connectivity index (χ1v) is 10.2. The summed E-state index contributed by atoms with van der Waals surface area (Å²) in [5.74, 6) is 0.169. The van der Waals surface area contributed by atoms with Gasteiger partial charge in [-0.15, -0.1) is 0 Å². The molecule has 0 bridgehead atoms. The normalized spacial score (nSPS) is 15.0. The summed E-state index contributed by atoms with van der Waals surface area (Å²) in [4.78, 5) is 15.0. The Hall–Kier alpha value is -3.52. The number of anilines is 2. The number of rotatable bonds is 4. The van der Waals surface area contributed by atoms with Gasteiger partial charge in [-0.05, 0) is 64.0 Å². The lowest BCUT2D eigenvalue weighted by atomic mass is 9.88. The number of methoxy groups -OCH3 is 1. The number of hydrogen-bond acceptors (Lipinski definition) is 4. The van der Waals surface area contributed by atoms with Gasteiger partial charge in [-0.2, -0.15) is 5.26 Å². The van der Waals surface area contributed by atoms with Gasteiger partial charge < -0.3 is 15.0 Å². The number of nitrogens with one attached hydrogen (secondary N) is 1. The Balaban J connectivity index is 2.02. The molecule has 160 valence electrons. The molecule has 0 saturated carbocycles. The third-order valence-electron chi connectivity index (χ3n) is 5.86. The number of ether oxygens (including phenoxy) is 1. The highest BCUT2D eigenvalue weighted by molar-refractivity contribution is 6.10. The van der Waals surface area contributed by atoms with Crippen LogP contribution in [0.2, 0.25) is 0 Å². The standard InChI is InChI=1S/C26H29N3O2/c1-16-8-9-22(17(2)10-16)28-25(30)20(15-27)11-19-12-21-18(3)14-26(4,5)29(6)23(21)13-24(19)31-7/h8-14H,1-7H3,(H,28,30)/b20-11+. The summed E-state index contributed by atoms with van der Waals surface area (Å²) in [6.07, 6.45) is 3.80. The van der Waals surface area contributed by atoms with E-state index in [-0.39, 0.29) is 11.1 Å². The number of benzene rings is 2. The molecule has 5 nitrogen and oxygen atoms in total. The zero-order valence-electron chi connectivity index (χ0n) is 19.3. The average molecular weight is 416 g/mol. The van der Waals surface area contributed by atoms with Gasteiger partial charge in [0.1, 0.15) is 17.4 Å². The number of carbonyl (C=O) groups excluding carboxylic acids is 1. The van der Waals surface area contributed by atoms with E-state index in [9.17, 15) is 10.1 Å². The molecule has 1 heterocycles. The Kier molecular flexibility index (Phi) is 5.94. The first-order valence-electron chi connectivity index (χ1n) is 10.2. The molecule has 0 radical (unpaired) electrons. The van der Waals surface area contributed by atoms with Crippen molar-refractivity contribution in [1.29, 1.82) is 5.26 Å². The third kappa shape index (κ3) is 4.34. The minimum Gasteiger partial charge on any atom is -0.496 e. The summed E-state index contributed by atoms with van der Waals surface area (Å²) in [5, 5.41) is 12.5. The molecular weight excluding hydrogens is 386 g/mol. The van der Waals surface area contributed by atoms with Crippen LogP contribution in [-0.4, -0.2) is 25.6 Å². The van der Waals surface area contributed by atoms with E-state index in [2.05, 4.69) is 44.1 Å². The van der Waals surface area contributed by atoms with Crippen molar-refractivity contribution in [2.45, 2.75) is 40.2 Å². The topological polar surface area (TPSA) is 65.4 Å². The van der Waals surface area contributed by atoms with Crippen LogP contribution in [-0.2, 0) is 4.79 Å². The lowest BCUT2D eigenvalue weighted by Crippen LogP contribution is -2.42. The van der Waals surface area contributed by atoms with Gasteiger partial charge in [0.25, 0.3) is 5.91 Å². The number of hydrogen-bond donors (Lipinski definition) is 1.